The minimum Gasteiger partial charge on any atom is -0.356 e. The Morgan fingerprint density at radius 2 is 2.14 bits per heavy atom. The van der Waals surface area contributed by atoms with Gasteiger partial charge < -0.3 is 10.2 Å². The Morgan fingerprint density at radius 3 is 2.71 bits per heavy atom. The van der Waals surface area contributed by atoms with Crippen molar-refractivity contribution in [3.63, 3.8) is 0 Å². The van der Waals surface area contributed by atoms with Gasteiger partial charge in [-0.25, -0.2) is 8.78 Å². The summed E-state index contributed by atoms with van der Waals surface area (Å²) in [5.41, 5.74) is 0.821. The van der Waals surface area contributed by atoms with E-state index in [1.807, 2.05) is 0 Å². The molecule has 0 aromatic heterocycles. The van der Waals surface area contributed by atoms with E-state index in [-0.39, 0.29) is 0 Å². The molecule has 0 aliphatic carbocycles. The molecule has 1 aromatic carbocycles. The van der Waals surface area contributed by atoms with Gasteiger partial charge in [-0.1, -0.05) is 19.9 Å². The quantitative estimate of drug-likeness (QED) is 0.686. The van der Waals surface area contributed by atoms with Crippen LogP contribution in [0.15, 0.2) is 23.2 Å². The van der Waals surface area contributed by atoms with Crippen molar-refractivity contribution in [3.05, 3.63) is 35.4 Å². The number of rotatable bonds is 3. The number of likely N-dealkylation sites (tertiary alicyclic amines) is 1. The third kappa shape index (κ3) is 4.16. The number of hydrogen-bond acceptors (Lipinski definition) is 1. The van der Waals surface area contributed by atoms with E-state index >= 15 is 0 Å². The van der Waals surface area contributed by atoms with Crippen molar-refractivity contribution in [3.8, 4) is 0 Å². The van der Waals surface area contributed by atoms with Crippen LogP contribution in [0.25, 0.3) is 0 Å². The summed E-state index contributed by atoms with van der Waals surface area (Å²) in [5.74, 6) is -0.184. The van der Waals surface area contributed by atoms with Crippen LogP contribution in [0.3, 0.4) is 0 Å². The lowest BCUT2D eigenvalue weighted by molar-refractivity contribution is 0.370. The number of aliphatic imine (C=N–C) groups is 1. The third-order valence-corrected chi connectivity index (χ3v) is 3.88. The molecule has 0 radical (unpaired) electrons. The van der Waals surface area contributed by atoms with Crippen LogP contribution in [0, 0.1) is 17.0 Å². The molecule has 1 N–H and O–H groups in total. The van der Waals surface area contributed by atoms with Crippen LogP contribution < -0.4 is 5.32 Å². The van der Waals surface area contributed by atoms with Gasteiger partial charge in [-0.15, -0.1) is 0 Å². The Labute approximate surface area is 125 Å². The van der Waals surface area contributed by atoms with Crippen LogP contribution in [0.1, 0.15) is 25.8 Å². The van der Waals surface area contributed by atoms with Crippen LogP contribution >= 0.6 is 0 Å². The summed E-state index contributed by atoms with van der Waals surface area (Å²) in [4.78, 5) is 6.50. The number of nitrogens with zero attached hydrogens (tertiary/aromatic N) is 2. The van der Waals surface area contributed by atoms with Crippen molar-refractivity contribution in [1.29, 1.82) is 0 Å². The number of nitrogens with one attached hydrogen (secondary N) is 1. The van der Waals surface area contributed by atoms with Gasteiger partial charge in [0.15, 0.2) is 5.96 Å². The summed E-state index contributed by atoms with van der Waals surface area (Å²) < 4.78 is 26.4. The Kier molecular flexibility index (Phi) is 4.80. The second kappa shape index (κ2) is 6.41. The van der Waals surface area contributed by atoms with Gasteiger partial charge in [0.2, 0.25) is 0 Å². The van der Waals surface area contributed by atoms with E-state index in [1.165, 1.54) is 12.1 Å². The Balaban J connectivity index is 1.87. The topological polar surface area (TPSA) is 27.6 Å². The molecule has 21 heavy (non-hydrogen) atoms. The first-order valence-corrected chi connectivity index (χ1v) is 7.31. The second-order valence-electron chi connectivity index (χ2n) is 6.30. The molecular weight excluding hydrogens is 272 g/mol. The average Bonchev–Trinajstić information content (AvgIpc) is 2.77. The molecule has 0 atom stereocenters. The van der Waals surface area contributed by atoms with E-state index in [0.29, 0.717) is 23.9 Å². The number of hydrogen-bond donors (Lipinski definition) is 1. The first kappa shape index (κ1) is 15.7. The molecule has 5 heteroatoms. The van der Waals surface area contributed by atoms with Crippen molar-refractivity contribution >= 4 is 5.96 Å². The maximum Gasteiger partial charge on any atom is 0.193 e. The predicted molar refractivity (Wildman–Crippen MR) is 81.4 cm³/mol. The largest absolute Gasteiger partial charge is 0.356 e. The Morgan fingerprint density at radius 1 is 1.38 bits per heavy atom. The molecule has 3 nitrogen and oxygen atoms in total. The normalized spacial score (nSPS) is 18.1. The summed E-state index contributed by atoms with van der Waals surface area (Å²) in [5, 5.41) is 3.25. The molecule has 0 unspecified atom stereocenters. The van der Waals surface area contributed by atoms with E-state index in [2.05, 4.69) is 29.1 Å². The van der Waals surface area contributed by atoms with E-state index < -0.39 is 11.6 Å². The summed E-state index contributed by atoms with van der Waals surface area (Å²) in [6.07, 6.45) is 1.64. The highest BCUT2D eigenvalue weighted by molar-refractivity contribution is 5.80. The molecule has 0 spiro atoms. The van der Waals surface area contributed by atoms with Crippen molar-refractivity contribution < 1.29 is 8.78 Å². The smallest absolute Gasteiger partial charge is 0.193 e. The predicted octanol–water partition coefficient (Wildman–Crippen LogP) is 2.81. The zero-order valence-electron chi connectivity index (χ0n) is 12.9. The molecule has 0 amide bonds. The molecule has 0 saturated carbocycles. The summed E-state index contributed by atoms with van der Waals surface area (Å²) in [6, 6.07) is 3.71. The van der Waals surface area contributed by atoms with Crippen LogP contribution in [0.2, 0.25) is 0 Å². The molecule has 116 valence electrons. The van der Waals surface area contributed by atoms with Gasteiger partial charge in [0.25, 0.3) is 0 Å². The lowest BCUT2D eigenvalue weighted by Gasteiger charge is -2.23. The summed E-state index contributed by atoms with van der Waals surface area (Å²) in [7, 11) is 1.76. The fraction of sp³-hybridized carbons (Fsp3) is 0.562. The molecule has 1 aromatic rings. The zero-order chi connectivity index (χ0) is 15.5. The van der Waals surface area contributed by atoms with Gasteiger partial charge >= 0.3 is 0 Å². The first-order chi connectivity index (χ1) is 9.91. The number of guanidine groups is 1. The van der Waals surface area contributed by atoms with Gasteiger partial charge in [-0.3, -0.25) is 4.99 Å². The fourth-order valence-electron chi connectivity index (χ4n) is 2.66. The molecule has 1 aliphatic rings. The van der Waals surface area contributed by atoms with Crippen molar-refractivity contribution in [1.82, 2.24) is 10.2 Å². The maximum atomic E-state index is 13.6. The maximum absolute atomic E-state index is 13.6. The van der Waals surface area contributed by atoms with E-state index in [9.17, 15) is 8.78 Å². The monoisotopic (exact) mass is 295 g/mol. The Bertz CT molecular complexity index is 526. The van der Waals surface area contributed by atoms with Crippen LogP contribution in [0.4, 0.5) is 8.78 Å². The molecule has 0 bridgehead atoms. The lowest BCUT2D eigenvalue weighted by atomic mass is 9.93. The Hall–Kier alpha value is -1.65. The van der Waals surface area contributed by atoms with E-state index in [0.717, 1.165) is 31.5 Å². The standard InChI is InChI=1S/C16H23F2N3/c1-16(2)7-9-21(11-16)15(19-3)20-8-6-12-4-5-13(17)10-14(12)18/h4-5,10H,6-9,11H2,1-3H3,(H,19,20). The minimum absolute atomic E-state index is 0.306. The van der Waals surface area contributed by atoms with Gasteiger partial charge in [0, 0.05) is 32.7 Å². The molecule has 1 heterocycles. The molecular formula is C16H23F2N3. The highest BCUT2D eigenvalue weighted by Crippen LogP contribution is 2.28. The van der Waals surface area contributed by atoms with Crippen molar-refractivity contribution in [2.75, 3.05) is 26.7 Å². The highest BCUT2D eigenvalue weighted by atomic mass is 19.1. The molecule has 1 saturated heterocycles. The average molecular weight is 295 g/mol. The van der Waals surface area contributed by atoms with Gasteiger partial charge in [0.05, 0.1) is 0 Å². The third-order valence-electron chi connectivity index (χ3n) is 3.88. The molecule has 1 fully saturated rings. The van der Waals surface area contributed by atoms with E-state index in [1.54, 1.807) is 7.05 Å². The molecule has 1 aliphatic heterocycles. The second-order valence-corrected chi connectivity index (χ2v) is 6.30. The van der Waals surface area contributed by atoms with Crippen LogP contribution in [-0.2, 0) is 6.42 Å². The van der Waals surface area contributed by atoms with Crippen molar-refractivity contribution in [2.45, 2.75) is 26.7 Å². The highest BCUT2D eigenvalue weighted by Gasteiger charge is 2.30. The SMILES string of the molecule is CN=C(NCCc1ccc(F)cc1F)N1CCC(C)(C)C1. The number of halogens is 2. The first-order valence-electron chi connectivity index (χ1n) is 7.31. The zero-order valence-corrected chi connectivity index (χ0v) is 12.9. The number of benzene rings is 1. The molecule has 2 rings (SSSR count). The fourth-order valence-corrected chi connectivity index (χ4v) is 2.66. The van der Waals surface area contributed by atoms with Crippen molar-refractivity contribution in [2.24, 2.45) is 10.4 Å². The van der Waals surface area contributed by atoms with Gasteiger partial charge in [-0.2, -0.15) is 0 Å². The van der Waals surface area contributed by atoms with Crippen LogP contribution in [0.5, 0.6) is 0 Å². The lowest BCUT2D eigenvalue weighted by Crippen LogP contribution is -2.41. The minimum atomic E-state index is -0.542. The van der Waals surface area contributed by atoms with E-state index in [4.69, 9.17) is 0 Å². The summed E-state index contributed by atoms with van der Waals surface area (Å²) in [6.45, 7) is 7.02. The van der Waals surface area contributed by atoms with Crippen LogP contribution in [-0.4, -0.2) is 37.5 Å². The van der Waals surface area contributed by atoms with Gasteiger partial charge in [-0.05, 0) is 29.9 Å². The summed E-state index contributed by atoms with van der Waals surface area (Å²) >= 11 is 0. The van der Waals surface area contributed by atoms with Gasteiger partial charge in [0.1, 0.15) is 11.6 Å².